The van der Waals surface area contributed by atoms with Crippen molar-refractivity contribution < 1.29 is 14.7 Å². The molecule has 2 aromatic rings. The first-order valence-electron chi connectivity index (χ1n) is 13.4. The number of hydrogen-bond donors (Lipinski definition) is 2. The van der Waals surface area contributed by atoms with Crippen molar-refractivity contribution in [2.24, 2.45) is 23.7 Å². The molecule has 8 nitrogen and oxygen atoms in total. The van der Waals surface area contributed by atoms with Crippen LogP contribution in [0.15, 0.2) is 41.5 Å². The number of carbonyl (C=O) groups is 2. The minimum atomic E-state index is -0.580. The first-order chi connectivity index (χ1) is 17.6. The van der Waals surface area contributed by atoms with E-state index in [1.807, 2.05) is 17.0 Å². The molecule has 1 saturated heterocycles. The van der Waals surface area contributed by atoms with Gasteiger partial charge in [0.1, 0.15) is 0 Å². The zero-order chi connectivity index (χ0) is 24.8. The molecular weight excluding hydrogens is 456 g/mol. The van der Waals surface area contributed by atoms with Crippen molar-refractivity contribution in [1.29, 1.82) is 0 Å². The van der Waals surface area contributed by atoms with Gasteiger partial charge in [-0.1, -0.05) is 25.3 Å². The number of nitrogens with zero attached hydrogens (tertiary/aromatic N) is 3. The van der Waals surface area contributed by atoms with Gasteiger partial charge in [0.25, 0.3) is 5.56 Å². The van der Waals surface area contributed by atoms with Crippen molar-refractivity contribution in [1.82, 2.24) is 19.8 Å². The van der Waals surface area contributed by atoms with E-state index in [0.29, 0.717) is 23.7 Å². The van der Waals surface area contributed by atoms with E-state index in [-0.39, 0.29) is 42.5 Å². The number of aliphatic hydroxyl groups is 1. The van der Waals surface area contributed by atoms with Crippen LogP contribution < -0.4 is 10.9 Å². The van der Waals surface area contributed by atoms with E-state index in [1.54, 1.807) is 29.1 Å². The zero-order valence-corrected chi connectivity index (χ0v) is 20.5. The molecule has 8 heteroatoms. The summed E-state index contributed by atoms with van der Waals surface area (Å²) < 4.78 is 1.74. The van der Waals surface area contributed by atoms with Crippen LogP contribution in [0, 0.1) is 23.7 Å². The average molecular weight is 491 g/mol. The Morgan fingerprint density at radius 2 is 1.89 bits per heavy atom. The predicted molar refractivity (Wildman–Crippen MR) is 134 cm³/mol. The molecule has 4 aliphatic rings. The van der Waals surface area contributed by atoms with E-state index in [2.05, 4.69) is 10.3 Å². The quantitative estimate of drug-likeness (QED) is 0.648. The largest absolute Gasteiger partial charge is 0.396 e. The second kappa shape index (κ2) is 9.47. The van der Waals surface area contributed by atoms with E-state index in [1.165, 1.54) is 0 Å². The van der Waals surface area contributed by atoms with Gasteiger partial charge >= 0.3 is 0 Å². The molecule has 2 N–H and O–H groups in total. The van der Waals surface area contributed by atoms with Crippen LogP contribution in [0.1, 0.15) is 56.7 Å². The molecule has 0 unspecified atom stereocenters. The molecule has 36 heavy (non-hydrogen) atoms. The van der Waals surface area contributed by atoms with E-state index in [0.717, 1.165) is 50.5 Å². The van der Waals surface area contributed by atoms with Gasteiger partial charge in [-0.05, 0) is 49.8 Å². The molecule has 3 fully saturated rings. The van der Waals surface area contributed by atoms with Crippen LogP contribution >= 0.6 is 0 Å². The standard InChI is InChI=1S/C28H34N4O4/c33-16-21-23-15-31-22(11-10-20(28(31)36)19-7-4-12-29-14-19)25(24(21)26(34)30-13-17-8-9-17)32(23)27(35)18-5-2-1-3-6-18/h4,7,10-12,14,17-18,21,23-25,33H,1-3,5-6,8-9,13,15-16H2,(H,30,34)/t21-,23-,24+,25+/m1/s1. The third-order valence-electron chi connectivity index (χ3n) is 8.79. The lowest BCUT2D eigenvalue weighted by Gasteiger charge is -2.40. The molecule has 6 rings (SSSR count). The molecule has 190 valence electrons. The highest BCUT2D eigenvalue weighted by Gasteiger charge is 2.58. The van der Waals surface area contributed by atoms with Crippen molar-refractivity contribution in [3.05, 3.63) is 52.7 Å². The van der Waals surface area contributed by atoms with E-state index in [4.69, 9.17) is 0 Å². The summed E-state index contributed by atoms with van der Waals surface area (Å²) in [4.78, 5) is 47.2. The summed E-state index contributed by atoms with van der Waals surface area (Å²) in [6, 6.07) is 6.41. The normalized spacial score (nSPS) is 27.5. The highest BCUT2D eigenvalue weighted by molar-refractivity contribution is 5.85. The average Bonchev–Trinajstić information content (AvgIpc) is 3.71. The number of nitrogens with one attached hydrogen (secondary N) is 1. The second-order valence-electron chi connectivity index (χ2n) is 11.0. The van der Waals surface area contributed by atoms with E-state index >= 15 is 0 Å². The van der Waals surface area contributed by atoms with Crippen LogP contribution in [0.25, 0.3) is 11.1 Å². The number of carbonyl (C=O) groups excluding carboxylic acids is 2. The molecule has 2 aromatic heterocycles. The molecule has 2 aliphatic heterocycles. The lowest BCUT2D eigenvalue weighted by molar-refractivity contribution is -0.142. The minimum Gasteiger partial charge on any atom is -0.396 e. The highest BCUT2D eigenvalue weighted by Crippen LogP contribution is 2.49. The minimum absolute atomic E-state index is 0.0516. The Bertz CT molecular complexity index is 1200. The first-order valence-corrected chi connectivity index (χ1v) is 13.4. The SMILES string of the molecule is O=C(NCC1CC1)[C@H]1[C@H](CO)[C@H]2Cn3c(ccc(-c4cccnc4)c3=O)[C@@H]1N2C(=O)C1CCCCC1. The molecule has 4 heterocycles. The van der Waals surface area contributed by atoms with E-state index < -0.39 is 17.9 Å². The van der Waals surface area contributed by atoms with Crippen LogP contribution in [-0.4, -0.2) is 50.6 Å². The number of fused-ring (bicyclic) bond motifs is 4. The van der Waals surface area contributed by atoms with Crippen molar-refractivity contribution in [2.45, 2.75) is 63.6 Å². The molecule has 2 saturated carbocycles. The maximum Gasteiger partial charge on any atom is 0.258 e. The Balaban J connectivity index is 1.42. The summed E-state index contributed by atoms with van der Waals surface area (Å²) in [6.45, 7) is 0.721. The molecule has 0 radical (unpaired) electrons. The summed E-state index contributed by atoms with van der Waals surface area (Å²) in [5.74, 6) is -0.557. The molecule has 2 amide bonds. The van der Waals surface area contributed by atoms with Gasteiger partial charge in [0.15, 0.2) is 0 Å². The Morgan fingerprint density at radius 1 is 1.08 bits per heavy atom. The number of aliphatic hydroxyl groups excluding tert-OH is 1. The fourth-order valence-electron chi connectivity index (χ4n) is 6.70. The van der Waals surface area contributed by atoms with Crippen LogP contribution in [0.3, 0.4) is 0 Å². The fourth-order valence-corrected chi connectivity index (χ4v) is 6.70. The number of aromatic nitrogens is 2. The summed E-state index contributed by atoms with van der Waals surface area (Å²) in [5, 5.41) is 13.6. The number of hydrogen-bond acceptors (Lipinski definition) is 5. The van der Waals surface area contributed by atoms with E-state index in [9.17, 15) is 19.5 Å². The van der Waals surface area contributed by atoms with Crippen molar-refractivity contribution >= 4 is 11.8 Å². The Labute approximate surface area is 210 Å². The van der Waals surface area contributed by atoms with Crippen LogP contribution in [0.2, 0.25) is 0 Å². The fraction of sp³-hybridized carbons (Fsp3) is 0.571. The zero-order valence-electron chi connectivity index (χ0n) is 20.5. The third kappa shape index (κ3) is 3.95. The van der Waals surface area contributed by atoms with Crippen LogP contribution in [-0.2, 0) is 16.1 Å². The van der Waals surface area contributed by atoms with Crippen molar-refractivity contribution in [2.75, 3.05) is 13.2 Å². The van der Waals surface area contributed by atoms with Gasteiger partial charge in [0.2, 0.25) is 11.8 Å². The maximum absolute atomic E-state index is 13.9. The molecule has 2 aliphatic carbocycles. The highest BCUT2D eigenvalue weighted by atomic mass is 16.3. The number of pyridine rings is 2. The Morgan fingerprint density at radius 3 is 2.58 bits per heavy atom. The summed E-state index contributed by atoms with van der Waals surface area (Å²) in [7, 11) is 0. The topological polar surface area (TPSA) is 105 Å². The van der Waals surface area contributed by atoms with Crippen molar-refractivity contribution in [3.63, 3.8) is 0 Å². The number of rotatable bonds is 6. The van der Waals surface area contributed by atoms with Gasteiger partial charge in [0, 0.05) is 60.7 Å². The third-order valence-corrected chi connectivity index (χ3v) is 8.79. The summed E-state index contributed by atoms with van der Waals surface area (Å²) in [5.41, 5.74) is 1.84. The van der Waals surface area contributed by atoms with Gasteiger partial charge < -0.3 is 19.9 Å². The maximum atomic E-state index is 13.9. The van der Waals surface area contributed by atoms with Crippen molar-refractivity contribution in [3.8, 4) is 11.1 Å². The smallest absolute Gasteiger partial charge is 0.258 e. The lowest BCUT2D eigenvalue weighted by atomic mass is 9.86. The Kier molecular flexibility index (Phi) is 6.15. The number of amides is 2. The molecular formula is C28H34N4O4. The molecule has 0 spiro atoms. The lowest BCUT2D eigenvalue weighted by Crippen LogP contribution is -2.51. The summed E-state index contributed by atoms with van der Waals surface area (Å²) in [6.07, 6.45) is 10.6. The van der Waals surface area contributed by atoms with Crippen LogP contribution in [0.5, 0.6) is 0 Å². The first kappa shape index (κ1) is 23.4. The predicted octanol–water partition coefficient (Wildman–Crippen LogP) is 2.51. The molecule has 2 bridgehead atoms. The molecule has 4 atom stereocenters. The monoisotopic (exact) mass is 490 g/mol. The van der Waals surface area contributed by atoms with Gasteiger partial charge in [-0.3, -0.25) is 19.4 Å². The second-order valence-corrected chi connectivity index (χ2v) is 11.0. The van der Waals surface area contributed by atoms with Gasteiger partial charge in [-0.25, -0.2) is 0 Å². The van der Waals surface area contributed by atoms with Gasteiger partial charge in [0.05, 0.1) is 18.0 Å². The van der Waals surface area contributed by atoms with Gasteiger partial charge in [-0.2, -0.15) is 0 Å². The molecule has 0 aromatic carbocycles. The van der Waals surface area contributed by atoms with Gasteiger partial charge in [-0.15, -0.1) is 0 Å². The van der Waals surface area contributed by atoms with Crippen LogP contribution in [0.4, 0.5) is 0 Å². The summed E-state index contributed by atoms with van der Waals surface area (Å²) >= 11 is 0. The Hall–Kier alpha value is -3.00.